The van der Waals surface area contributed by atoms with Crippen molar-refractivity contribution in [3.8, 4) is 6.01 Å². The van der Waals surface area contributed by atoms with Gasteiger partial charge in [0, 0.05) is 36.7 Å². The highest BCUT2D eigenvalue weighted by atomic mass is 19.4. The third-order valence-electron chi connectivity index (χ3n) is 6.57. The van der Waals surface area contributed by atoms with Gasteiger partial charge in [-0.25, -0.2) is 4.79 Å². The fourth-order valence-corrected chi connectivity index (χ4v) is 4.76. The number of benzene rings is 1. The van der Waals surface area contributed by atoms with Crippen molar-refractivity contribution < 1.29 is 32.7 Å². The highest BCUT2D eigenvalue weighted by molar-refractivity contribution is 5.65. The smallest absolute Gasteiger partial charge is 0.416 e. The normalized spacial score (nSPS) is 24.6. The fourth-order valence-electron chi connectivity index (χ4n) is 4.76. The average Bonchev–Trinajstić information content (AvgIpc) is 3.30. The molecule has 2 aliphatic rings. The molecule has 1 saturated heterocycles. The van der Waals surface area contributed by atoms with E-state index < -0.39 is 33.9 Å². The topological polar surface area (TPSA) is 114 Å². The van der Waals surface area contributed by atoms with Crippen LogP contribution in [0.15, 0.2) is 36.5 Å². The van der Waals surface area contributed by atoms with Gasteiger partial charge in [-0.2, -0.15) is 13.2 Å². The predicted octanol–water partition coefficient (Wildman–Crippen LogP) is 4.12. The number of hydrogen-bond acceptors (Lipinski definition) is 6. The van der Waals surface area contributed by atoms with Crippen molar-refractivity contribution in [2.24, 2.45) is 0 Å². The fraction of sp³-hybridized carbons (Fsp3) is 0.478. The Labute approximate surface area is 204 Å². The summed E-state index contributed by atoms with van der Waals surface area (Å²) in [5.41, 5.74) is -1.77. The van der Waals surface area contributed by atoms with Crippen LogP contribution in [0.25, 0.3) is 6.08 Å². The van der Waals surface area contributed by atoms with E-state index in [2.05, 4.69) is 9.88 Å². The maximum atomic E-state index is 13.0. The van der Waals surface area contributed by atoms with Crippen molar-refractivity contribution in [3.05, 3.63) is 57.8 Å². The van der Waals surface area contributed by atoms with Crippen molar-refractivity contribution in [2.75, 3.05) is 26.2 Å². The van der Waals surface area contributed by atoms with Crippen LogP contribution in [0.3, 0.4) is 0 Å². The van der Waals surface area contributed by atoms with E-state index in [9.17, 15) is 33.2 Å². The lowest BCUT2D eigenvalue weighted by Gasteiger charge is -2.49. The maximum absolute atomic E-state index is 13.0. The lowest BCUT2D eigenvalue weighted by molar-refractivity contribution is -0.389. The van der Waals surface area contributed by atoms with Gasteiger partial charge in [-0.15, -0.1) is 0 Å². The SMILES string of the molecule is CC1(C/C=C/c2cccc(C(F)(F)F)c2)CN(C(=O)O)CCN1C[C@@]1(C)Cn2cc([N+](=O)[O-])nc2O1. The number of nitrogens with zero attached hydrogens (tertiary/aromatic N) is 5. The van der Waals surface area contributed by atoms with Crippen molar-refractivity contribution in [3.63, 3.8) is 0 Å². The number of piperazine rings is 1. The Morgan fingerprint density at radius 1 is 1.31 bits per heavy atom. The quantitative estimate of drug-likeness (QED) is 0.460. The van der Waals surface area contributed by atoms with Crippen LogP contribution in [0.5, 0.6) is 6.01 Å². The minimum atomic E-state index is -4.44. The van der Waals surface area contributed by atoms with Crippen molar-refractivity contribution in [1.29, 1.82) is 0 Å². The molecule has 1 unspecified atom stereocenters. The number of imidazole rings is 1. The molecule has 0 aliphatic carbocycles. The van der Waals surface area contributed by atoms with Crippen LogP contribution < -0.4 is 4.74 Å². The molecule has 36 heavy (non-hydrogen) atoms. The molecule has 1 N–H and O–H groups in total. The number of alkyl halides is 3. The zero-order valence-corrected chi connectivity index (χ0v) is 19.7. The average molecular weight is 509 g/mol. The standard InChI is InChI=1S/C23H26F3N5O5/c1-21(8-4-6-16-5-3-7-17(11-16)23(24,25)26)13-28(20(32)33)9-10-30(21)15-22(2)14-29-12-18(31(34)35)27-19(29)36-22/h3-7,11-12H,8-10,13-15H2,1-2H3,(H,32,33)/b6-4+/t21?,22-/m1/s1. The molecule has 13 heteroatoms. The van der Waals surface area contributed by atoms with Crippen molar-refractivity contribution >= 4 is 18.0 Å². The summed E-state index contributed by atoms with van der Waals surface area (Å²) in [7, 11) is 0. The number of ether oxygens (including phenoxy) is 1. The summed E-state index contributed by atoms with van der Waals surface area (Å²) in [6, 6.07) is 5.14. The van der Waals surface area contributed by atoms with Crippen LogP contribution >= 0.6 is 0 Å². The third kappa shape index (κ3) is 5.30. The summed E-state index contributed by atoms with van der Waals surface area (Å²) < 4.78 is 46.7. The molecular formula is C23H26F3N5O5. The Hall–Kier alpha value is -3.61. The van der Waals surface area contributed by atoms with Gasteiger partial charge in [0.2, 0.25) is 0 Å². The molecule has 2 aromatic rings. The molecule has 1 aromatic heterocycles. The molecule has 0 saturated carbocycles. The molecule has 1 amide bonds. The molecule has 2 atom stereocenters. The molecule has 1 aromatic carbocycles. The van der Waals surface area contributed by atoms with Gasteiger partial charge in [0.25, 0.3) is 0 Å². The van der Waals surface area contributed by atoms with Gasteiger partial charge < -0.3 is 24.9 Å². The molecule has 3 heterocycles. The number of rotatable bonds is 6. The first-order valence-corrected chi connectivity index (χ1v) is 11.3. The molecule has 4 rings (SSSR count). The van der Waals surface area contributed by atoms with E-state index in [0.717, 1.165) is 12.1 Å². The number of amides is 1. The van der Waals surface area contributed by atoms with Gasteiger partial charge in [-0.1, -0.05) is 24.3 Å². The number of hydrogen-bond donors (Lipinski definition) is 1. The van der Waals surface area contributed by atoms with Crippen LogP contribution in [0.1, 0.15) is 31.4 Å². The van der Waals surface area contributed by atoms with Gasteiger partial charge in [-0.3, -0.25) is 9.47 Å². The van der Waals surface area contributed by atoms with Gasteiger partial charge >= 0.3 is 24.1 Å². The number of fused-ring (bicyclic) bond motifs is 1. The summed E-state index contributed by atoms with van der Waals surface area (Å²) in [6.07, 6.45) is -0.443. The molecular weight excluding hydrogens is 483 g/mol. The number of halogens is 3. The van der Waals surface area contributed by atoms with E-state index in [1.165, 1.54) is 17.2 Å². The van der Waals surface area contributed by atoms with E-state index in [4.69, 9.17) is 4.74 Å². The predicted molar refractivity (Wildman–Crippen MR) is 123 cm³/mol. The zero-order valence-electron chi connectivity index (χ0n) is 19.7. The third-order valence-corrected chi connectivity index (χ3v) is 6.57. The number of carbonyl (C=O) groups is 1. The Kier molecular flexibility index (Phi) is 6.45. The Morgan fingerprint density at radius 2 is 2.06 bits per heavy atom. The maximum Gasteiger partial charge on any atom is 0.416 e. The summed E-state index contributed by atoms with van der Waals surface area (Å²) in [4.78, 5) is 29.4. The van der Waals surface area contributed by atoms with Gasteiger partial charge in [0.15, 0.2) is 0 Å². The monoisotopic (exact) mass is 509 g/mol. The van der Waals surface area contributed by atoms with Crippen LogP contribution in [0.4, 0.5) is 23.8 Å². The second kappa shape index (κ2) is 9.12. The van der Waals surface area contributed by atoms with Crippen LogP contribution in [-0.4, -0.2) is 72.8 Å². The Morgan fingerprint density at radius 3 is 2.69 bits per heavy atom. The van der Waals surface area contributed by atoms with E-state index in [1.807, 2.05) is 13.8 Å². The summed E-state index contributed by atoms with van der Waals surface area (Å²) >= 11 is 0. The van der Waals surface area contributed by atoms with Gasteiger partial charge in [-0.05, 0) is 42.9 Å². The van der Waals surface area contributed by atoms with E-state index in [0.29, 0.717) is 31.6 Å². The first-order chi connectivity index (χ1) is 16.8. The molecule has 0 bridgehead atoms. The highest BCUT2D eigenvalue weighted by Crippen LogP contribution is 2.35. The summed E-state index contributed by atoms with van der Waals surface area (Å²) in [6.45, 7) is 5.39. The molecule has 1 fully saturated rings. The first-order valence-electron chi connectivity index (χ1n) is 11.3. The van der Waals surface area contributed by atoms with Crippen LogP contribution in [0.2, 0.25) is 0 Å². The highest BCUT2D eigenvalue weighted by Gasteiger charge is 2.46. The second-order valence-corrected chi connectivity index (χ2v) is 9.67. The molecule has 194 valence electrons. The van der Waals surface area contributed by atoms with Gasteiger partial charge in [0.05, 0.1) is 12.1 Å². The molecule has 2 aliphatic heterocycles. The number of nitro groups is 1. The molecule has 0 spiro atoms. The van der Waals surface area contributed by atoms with Crippen LogP contribution in [0, 0.1) is 10.1 Å². The first kappa shape index (κ1) is 25.5. The number of carboxylic acid groups (broad SMARTS) is 1. The second-order valence-electron chi connectivity index (χ2n) is 9.67. The summed E-state index contributed by atoms with van der Waals surface area (Å²) in [5, 5.41) is 20.5. The lowest BCUT2D eigenvalue weighted by atomic mass is 9.89. The Balaban J connectivity index is 1.51. The number of aromatic nitrogens is 2. The minimum absolute atomic E-state index is 0.152. The van der Waals surface area contributed by atoms with Crippen molar-refractivity contribution in [1.82, 2.24) is 19.4 Å². The van der Waals surface area contributed by atoms with E-state index in [1.54, 1.807) is 22.8 Å². The van der Waals surface area contributed by atoms with E-state index in [-0.39, 0.29) is 24.9 Å². The van der Waals surface area contributed by atoms with Gasteiger partial charge in [0.1, 0.15) is 11.8 Å². The van der Waals surface area contributed by atoms with Crippen molar-refractivity contribution in [2.45, 2.75) is 44.1 Å². The Bertz CT molecular complexity index is 1170. The molecule has 10 nitrogen and oxygen atoms in total. The largest absolute Gasteiger partial charge is 0.465 e. The molecule has 0 radical (unpaired) electrons. The minimum Gasteiger partial charge on any atom is -0.465 e. The zero-order chi connectivity index (χ0) is 26.3. The lowest BCUT2D eigenvalue weighted by Crippen LogP contribution is -2.64. The van der Waals surface area contributed by atoms with E-state index >= 15 is 0 Å². The summed E-state index contributed by atoms with van der Waals surface area (Å²) in [5.74, 6) is -0.299. The van der Waals surface area contributed by atoms with Crippen LogP contribution in [-0.2, 0) is 12.7 Å².